The van der Waals surface area contributed by atoms with E-state index in [9.17, 15) is 0 Å². The maximum atomic E-state index is 6.95. The van der Waals surface area contributed by atoms with Crippen molar-refractivity contribution in [2.45, 2.75) is 25.7 Å². The lowest BCUT2D eigenvalue weighted by molar-refractivity contribution is 0.656. The highest BCUT2D eigenvalue weighted by molar-refractivity contribution is 5.68. The third kappa shape index (κ3) is 3.32. The summed E-state index contributed by atoms with van der Waals surface area (Å²) in [7, 11) is 1.85. The van der Waals surface area contributed by atoms with Crippen molar-refractivity contribution in [2.24, 2.45) is 0 Å². The van der Waals surface area contributed by atoms with Gasteiger partial charge in [-0.25, -0.2) is 0 Å². The van der Waals surface area contributed by atoms with Crippen LogP contribution in [0.1, 0.15) is 25.7 Å². The summed E-state index contributed by atoms with van der Waals surface area (Å²) in [5.74, 6) is 0.892. The van der Waals surface area contributed by atoms with Crippen LogP contribution in [-0.4, -0.2) is 13.3 Å². The predicted octanol–water partition coefficient (Wildman–Crippen LogP) is 1.74. The molecule has 0 saturated heterocycles. The molecule has 13 heavy (non-hydrogen) atoms. The van der Waals surface area contributed by atoms with Gasteiger partial charge in [0.05, 0.1) is 0 Å². The molecular weight excluding hydrogens is 162 g/mol. The fraction of sp³-hybridized carbons (Fsp3) is 0.500. The van der Waals surface area contributed by atoms with Gasteiger partial charge in [0.15, 0.2) is 0 Å². The summed E-state index contributed by atoms with van der Waals surface area (Å²) in [6.45, 7) is 0. The summed E-state index contributed by atoms with van der Waals surface area (Å²) in [5, 5.41) is 13.2. The zero-order valence-electron chi connectivity index (χ0n) is 8.06. The van der Waals surface area contributed by atoms with E-state index in [-0.39, 0.29) is 0 Å². The average Bonchev–Trinajstić information content (AvgIpc) is 2.19. The molecular formula is C10H17N3. The fourth-order valence-electron chi connectivity index (χ4n) is 1.40. The molecule has 0 aromatic rings. The molecule has 1 aliphatic rings. The van der Waals surface area contributed by atoms with Crippen molar-refractivity contribution in [2.75, 3.05) is 7.05 Å². The largest absolute Gasteiger partial charge is 0.375 e. The van der Waals surface area contributed by atoms with E-state index in [1.54, 1.807) is 6.08 Å². The van der Waals surface area contributed by atoms with Crippen molar-refractivity contribution in [3.63, 3.8) is 0 Å². The molecule has 1 rings (SSSR count). The first-order valence-corrected chi connectivity index (χ1v) is 4.71. The standard InChI is InChI=1S/C10H17N3/c1-12-10(7-8-11)13-9-5-3-2-4-6-9/h5,7-8,11-13H,2-4,6H2,1H3/b10-7-,11-8?. The van der Waals surface area contributed by atoms with Gasteiger partial charge in [-0.1, -0.05) is 6.08 Å². The van der Waals surface area contributed by atoms with Crippen molar-refractivity contribution in [1.29, 1.82) is 5.41 Å². The predicted molar refractivity (Wildman–Crippen MR) is 55.6 cm³/mol. The number of hydrogen-bond acceptors (Lipinski definition) is 3. The van der Waals surface area contributed by atoms with Crippen molar-refractivity contribution >= 4 is 6.21 Å². The first kappa shape index (κ1) is 9.84. The topological polar surface area (TPSA) is 47.9 Å². The lowest BCUT2D eigenvalue weighted by Crippen LogP contribution is -2.23. The van der Waals surface area contributed by atoms with Gasteiger partial charge < -0.3 is 16.0 Å². The molecule has 0 aromatic heterocycles. The molecule has 0 saturated carbocycles. The summed E-state index contributed by atoms with van der Waals surface area (Å²) in [5.41, 5.74) is 1.27. The Kier molecular flexibility index (Phi) is 4.09. The smallest absolute Gasteiger partial charge is 0.104 e. The van der Waals surface area contributed by atoms with Crippen molar-refractivity contribution in [3.05, 3.63) is 23.7 Å². The Bertz CT molecular complexity index is 228. The zero-order chi connectivity index (χ0) is 9.52. The maximum absolute atomic E-state index is 6.95. The minimum atomic E-state index is 0.892. The van der Waals surface area contributed by atoms with Crippen LogP contribution in [0.3, 0.4) is 0 Å². The van der Waals surface area contributed by atoms with Crippen molar-refractivity contribution in [3.8, 4) is 0 Å². The zero-order valence-corrected chi connectivity index (χ0v) is 8.06. The molecule has 0 aromatic carbocycles. The van der Waals surface area contributed by atoms with E-state index in [0.717, 1.165) is 12.2 Å². The van der Waals surface area contributed by atoms with Gasteiger partial charge in [0.2, 0.25) is 0 Å². The summed E-state index contributed by atoms with van der Waals surface area (Å²) in [4.78, 5) is 0. The molecule has 0 aliphatic heterocycles. The Balaban J connectivity index is 2.49. The Morgan fingerprint density at radius 2 is 2.38 bits per heavy atom. The number of allylic oxidation sites excluding steroid dienone is 3. The van der Waals surface area contributed by atoms with Crippen LogP contribution >= 0.6 is 0 Å². The molecule has 3 N–H and O–H groups in total. The van der Waals surface area contributed by atoms with Gasteiger partial charge >= 0.3 is 0 Å². The Morgan fingerprint density at radius 1 is 1.54 bits per heavy atom. The summed E-state index contributed by atoms with van der Waals surface area (Å²) in [6.07, 6.45) is 10.1. The van der Waals surface area contributed by atoms with Gasteiger partial charge in [0.25, 0.3) is 0 Å². The molecule has 0 spiro atoms. The highest BCUT2D eigenvalue weighted by Gasteiger charge is 2.03. The average molecular weight is 179 g/mol. The Labute approximate surface area is 79.4 Å². The lowest BCUT2D eigenvalue weighted by Gasteiger charge is -2.16. The maximum Gasteiger partial charge on any atom is 0.104 e. The molecule has 0 amide bonds. The van der Waals surface area contributed by atoms with E-state index in [2.05, 4.69) is 16.7 Å². The van der Waals surface area contributed by atoms with Crippen LogP contribution < -0.4 is 10.6 Å². The van der Waals surface area contributed by atoms with Crippen molar-refractivity contribution in [1.82, 2.24) is 10.6 Å². The van der Waals surface area contributed by atoms with Crippen LogP contribution in [0.2, 0.25) is 0 Å². The molecule has 0 unspecified atom stereocenters. The van der Waals surface area contributed by atoms with Gasteiger partial charge in [-0.05, 0) is 31.8 Å². The first-order chi connectivity index (χ1) is 6.36. The highest BCUT2D eigenvalue weighted by Crippen LogP contribution is 2.15. The van der Waals surface area contributed by atoms with Crippen LogP contribution in [0, 0.1) is 5.41 Å². The second kappa shape index (κ2) is 5.41. The molecule has 3 heteroatoms. The summed E-state index contributed by atoms with van der Waals surface area (Å²) < 4.78 is 0. The van der Waals surface area contributed by atoms with Gasteiger partial charge in [-0.15, -0.1) is 0 Å². The normalized spacial score (nSPS) is 17.6. The summed E-state index contributed by atoms with van der Waals surface area (Å²) >= 11 is 0. The summed E-state index contributed by atoms with van der Waals surface area (Å²) in [6, 6.07) is 0. The molecule has 0 heterocycles. The minimum Gasteiger partial charge on any atom is -0.375 e. The van der Waals surface area contributed by atoms with Gasteiger partial charge in [-0.2, -0.15) is 0 Å². The Morgan fingerprint density at radius 3 is 2.92 bits per heavy atom. The lowest BCUT2D eigenvalue weighted by atomic mass is 10.1. The van der Waals surface area contributed by atoms with Crippen LogP contribution in [0.4, 0.5) is 0 Å². The van der Waals surface area contributed by atoms with E-state index in [0.29, 0.717) is 0 Å². The second-order valence-corrected chi connectivity index (χ2v) is 3.10. The van der Waals surface area contributed by atoms with Gasteiger partial charge in [0, 0.05) is 19.0 Å². The van der Waals surface area contributed by atoms with E-state index < -0.39 is 0 Å². The number of nitrogens with one attached hydrogen (secondary N) is 3. The molecule has 0 bridgehead atoms. The van der Waals surface area contributed by atoms with Crippen molar-refractivity contribution < 1.29 is 0 Å². The molecule has 0 fully saturated rings. The molecule has 3 nitrogen and oxygen atoms in total. The third-order valence-corrected chi connectivity index (χ3v) is 2.11. The SMILES string of the molecule is CN/C(=C/C=N)NC1=CCCCC1. The molecule has 72 valence electrons. The van der Waals surface area contributed by atoms with E-state index >= 15 is 0 Å². The first-order valence-electron chi connectivity index (χ1n) is 4.71. The number of rotatable bonds is 4. The third-order valence-electron chi connectivity index (χ3n) is 2.11. The second-order valence-electron chi connectivity index (χ2n) is 3.10. The van der Waals surface area contributed by atoms with Gasteiger partial charge in [-0.3, -0.25) is 0 Å². The van der Waals surface area contributed by atoms with E-state index in [4.69, 9.17) is 5.41 Å². The van der Waals surface area contributed by atoms with E-state index in [1.807, 2.05) is 7.05 Å². The number of hydrogen-bond donors (Lipinski definition) is 3. The van der Waals surface area contributed by atoms with E-state index in [1.165, 1.54) is 31.2 Å². The monoisotopic (exact) mass is 179 g/mol. The Hall–Kier alpha value is -1.25. The minimum absolute atomic E-state index is 0.892. The van der Waals surface area contributed by atoms with Crippen LogP contribution in [-0.2, 0) is 0 Å². The molecule has 0 atom stereocenters. The van der Waals surface area contributed by atoms with Gasteiger partial charge in [0.1, 0.15) is 5.82 Å². The van der Waals surface area contributed by atoms with Crippen LogP contribution in [0.25, 0.3) is 0 Å². The highest BCUT2D eigenvalue weighted by atomic mass is 15.1. The molecule has 1 aliphatic carbocycles. The molecule has 0 radical (unpaired) electrons. The van der Waals surface area contributed by atoms with Crippen LogP contribution in [0.5, 0.6) is 0 Å². The fourth-order valence-corrected chi connectivity index (χ4v) is 1.40. The van der Waals surface area contributed by atoms with Crippen LogP contribution in [0.15, 0.2) is 23.7 Å². The quantitative estimate of drug-likeness (QED) is 0.576.